The van der Waals surface area contributed by atoms with Crippen molar-refractivity contribution < 1.29 is 9.53 Å². The summed E-state index contributed by atoms with van der Waals surface area (Å²) in [6, 6.07) is 25.5. The maximum absolute atomic E-state index is 13.2. The van der Waals surface area contributed by atoms with Gasteiger partial charge < -0.3 is 4.74 Å². The molecule has 1 amide bonds. The Kier molecular flexibility index (Phi) is 5.76. The number of hydrazone groups is 1. The van der Waals surface area contributed by atoms with E-state index < -0.39 is 0 Å². The van der Waals surface area contributed by atoms with Crippen molar-refractivity contribution in [3.05, 3.63) is 100 Å². The normalized spacial score (nSPS) is 15.9. The summed E-state index contributed by atoms with van der Waals surface area (Å²) in [4.78, 5) is 13.2. The average molecular weight is 449 g/mol. The minimum absolute atomic E-state index is 0.0175. The van der Waals surface area contributed by atoms with Crippen LogP contribution in [0.3, 0.4) is 0 Å². The number of benzene rings is 3. The summed E-state index contributed by atoms with van der Waals surface area (Å²) in [6.07, 6.45) is 0.980. The highest BCUT2D eigenvalue weighted by atomic mass is 79.9. The molecule has 0 aromatic heterocycles. The highest BCUT2D eigenvalue weighted by Crippen LogP contribution is 2.34. The van der Waals surface area contributed by atoms with E-state index in [1.165, 1.54) is 0 Å². The Morgan fingerprint density at radius 2 is 1.83 bits per heavy atom. The number of carbonyl (C=O) groups is 1. The fourth-order valence-electron chi connectivity index (χ4n) is 3.52. The number of methoxy groups -OCH3 is 1. The highest BCUT2D eigenvalue weighted by molar-refractivity contribution is 9.10. The van der Waals surface area contributed by atoms with Gasteiger partial charge in [-0.3, -0.25) is 4.79 Å². The molecule has 5 heteroatoms. The Morgan fingerprint density at radius 3 is 2.55 bits per heavy atom. The largest absolute Gasteiger partial charge is 0.497 e. The van der Waals surface area contributed by atoms with Gasteiger partial charge in [-0.1, -0.05) is 70.5 Å². The lowest BCUT2D eigenvalue weighted by atomic mass is 9.98. The minimum atomic E-state index is -0.153. The molecule has 0 fully saturated rings. The molecule has 0 spiro atoms. The molecule has 1 unspecified atom stereocenters. The Morgan fingerprint density at radius 1 is 1.07 bits per heavy atom. The van der Waals surface area contributed by atoms with Crippen molar-refractivity contribution in [3.63, 3.8) is 0 Å². The van der Waals surface area contributed by atoms with Crippen molar-refractivity contribution in [2.75, 3.05) is 7.11 Å². The molecular weight excluding hydrogens is 428 g/mol. The number of carbonyl (C=O) groups excluding carboxylic acids is 1. The van der Waals surface area contributed by atoms with Crippen LogP contribution in [0.5, 0.6) is 5.75 Å². The number of rotatable bonds is 5. The molecular formula is C24H21BrN2O2. The van der Waals surface area contributed by atoms with E-state index in [1.54, 1.807) is 12.1 Å². The molecule has 0 aliphatic carbocycles. The maximum Gasteiger partial charge on any atom is 0.247 e. The van der Waals surface area contributed by atoms with E-state index in [4.69, 9.17) is 9.84 Å². The monoisotopic (exact) mass is 448 g/mol. The molecule has 3 aromatic rings. The molecule has 29 heavy (non-hydrogen) atoms. The molecule has 0 saturated carbocycles. The van der Waals surface area contributed by atoms with Crippen LogP contribution in [0.25, 0.3) is 0 Å². The van der Waals surface area contributed by atoms with Gasteiger partial charge in [0.05, 0.1) is 25.3 Å². The van der Waals surface area contributed by atoms with Crippen molar-refractivity contribution in [2.45, 2.75) is 18.9 Å². The van der Waals surface area contributed by atoms with Crippen LogP contribution in [0.2, 0.25) is 0 Å². The number of halogens is 1. The zero-order valence-corrected chi connectivity index (χ0v) is 17.7. The minimum Gasteiger partial charge on any atom is -0.497 e. The summed E-state index contributed by atoms with van der Waals surface area (Å²) in [5.74, 6) is 0.756. The van der Waals surface area contributed by atoms with Gasteiger partial charge in [0, 0.05) is 10.9 Å². The van der Waals surface area contributed by atoms with Crippen LogP contribution in [0, 0.1) is 0 Å². The number of hydrogen-bond acceptors (Lipinski definition) is 3. The first-order valence-corrected chi connectivity index (χ1v) is 10.3. The number of hydrogen-bond donors (Lipinski definition) is 0. The van der Waals surface area contributed by atoms with Crippen LogP contribution in [0.4, 0.5) is 0 Å². The molecule has 1 heterocycles. The lowest BCUT2D eigenvalue weighted by molar-refractivity contribution is -0.132. The van der Waals surface area contributed by atoms with E-state index >= 15 is 0 Å². The van der Waals surface area contributed by atoms with Crippen LogP contribution in [0.1, 0.15) is 29.2 Å². The van der Waals surface area contributed by atoms with Crippen molar-refractivity contribution in [1.29, 1.82) is 0 Å². The van der Waals surface area contributed by atoms with Crippen molar-refractivity contribution in [1.82, 2.24) is 5.01 Å². The van der Waals surface area contributed by atoms with Gasteiger partial charge in [0.25, 0.3) is 0 Å². The summed E-state index contributed by atoms with van der Waals surface area (Å²) in [6.45, 7) is 0. The van der Waals surface area contributed by atoms with Gasteiger partial charge in [-0.15, -0.1) is 0 Å². The number of nitrogens with zero attached hydrogens (tertiary/aromatic N) is 2. The Bertz CT molecular complexity index is 1030. The van der Waals surface area contributed by atoms with Gasteiger partial charge in [-0.25, -0.2) is 5.01 Å². The number of ether oxygens (including phenoxy) is 1. The summed E-state index contributed by atoms with van der Waals surface area (Å²) in [5, 5.41) is 6.38. The molecule has 0 bridgehead atoms. The Balaban J connectivity index is 1.67. The first-order chi connectivity index (χ1) is 14.1. The molecule has 0 N–H and O–H groups in total. The second-order valence-electron chi connectivity index (χ2n) is 6.95. The highest BCUT2D eigenvalue weighted by Gasteiger charge is 2.33. The third kappa shape index (κ3) is 4.40. The lowest BCUT2D eigenvalue weighted by Crippen LogP contribution is -2.28. The van der Waals surface area contributed by atoms with Gasteiger partial charge in [0.2, 0.25) is 5.91 Å². The van der Waals surface area contributed by atoms with Crippen molar-refractivity contribution >= 4 is 27.5 Å². The van der Waals surface area contributed by atoms with Gasteiger partial charge in [-0.05, 0) is 41.0 Å². The smallest absolute Gasteiger partial charge is 0.247 e. The van der Waals surface area contributed by atoms with Crippen LogP contribution in [0.15, 0.2) is 88.4 Å². The van der Waals surface area contributed by atoms with Gasteiger partial charge in [-0.2, -0.15) is 5.10 Å². The first-order valence-electron chi connectivity index (χ1n) is 9.47. The standard InChI is InChI=1S/C24H21BrN2O2/c1-29-21-9-5-8-19(15-21)23-16-22(18-10-12-20(25)13-11-18)26-27(23)24(28)14-17-6-3-2-4-7-17/h2-13,15,23H,14,16H2,1H3. The van der Waals surface area contributed by atoms with E-state index in [1.807, 2.05) is 78.9 Å². The molecule has 1 aliphatic heterocycles. The third-order valence-corrected chi connectivity index (χ3v) is 5.55. The molecule has 0 radical (unpaired) electrons. The van der Waals surface area contributed by atoms with Gasteiger partial charge >= 0.3 is 0 Å². The van der Waals surface area contributed by atoms with E-state index in [0.29, 0.717) is 12.8 Å². The van der Waals surface area contributed by atoms with Crippen LogP contribution < -0.4 is 4.74 Å². The van der Waals surface area contributed by atoms with E-state index in [0.717, 1.165) is 32.6 Å². The van der Waals surface area contributed by atoms with Crippen LogP contribution in [-0.4, -0.2) is 23.7 Å². The van der Waals surface area contributed by atoms with Crippen molar-refractivity contribution in [3.8, 4) is 5.75 Å². The topological polar surface area (TPSA) is 41.9 Å². The molecule has 146 valence electrons. The molecule has 3 aromatic carbocycles. The second-order valence-corrected chi connectivity index (χ2v) is 7.87. The van der Waals surface area contributed by atoms with Crippen LogP contribution in [-0.2, 0) is 11.2 Å². The summed E-state index contributed by atoms with van der Waals surface area (Å²) in [5.41, 5.74) is 3.93. The lowest BCUT2D eigenvalue weighted by Gasteiger charge is -2.22. The molecule has 1 aliphatic rings. The average Bonchev–Trinajstić information content (AvgIpc) is 3.21. The first kappa shape index (κ1) is 19.4. The zero-order chi connectivity index (χ0) is 20.2. The molecule has 4 rings (SSSR count). The Labute approximate surface area is 178 Å². The zero-order valence-electron chi connectivity index (χ0n) is 16.1. The Hall–Kier alpha value is -2.92. The number of amides is 1. The summed E-state index contributed by atoms with van der Waals surface area (Å²) in [7, 11) is 1.65. The fourth-order valence-corrected chi connectivity index (χ4v) is 3.78. The van der Waals surface area contributed by atoms with Crippen LogP contribution >= 0.6 is 15.9 Å². The van der Waals surface area contributed by atoms with E-state index in [-0.39, 0.29) is 11.9 Å². The van der Waals surface area contributed by atoms with Gasteiger partial charge in [0.1, 0.15) is 5.75 Å². The van der Waals surface area contributed by atoms with E-state index in [2.05, 4.69) is 15.9 Å². The van der Waals surface area contributed by atoms with Gasteiger partial charge in [0.15, 0.2) is 0 Å². The molecule has 4 nitrogen and oxygen atoms in total. The second kappa shape index (κ2) is 8.62. The molecule has 1 atom stereocenters. The van der Waals surface area contributed by atoms with Crippen molar-refractivity contribution in [2.24, 2.45) is 5.10 Å². The quantitative estimate of drug-likeness (QED) is 0.525. The maximum atomic E-state index is 13.2. The predicted molar refractivity (Wildman–Crippen MR) is 118 cm³/mol. The summed E-state index contributed by atoms with van der Waals surface area (Å²) < 4.78 is 6.40. The predicted octanol–water partition coefficient (Wildman–Crippen LogP) is 5.38. The van der Waals surface area contributed by atoms with E-state index in [9.17, 15) is 4.79 Å². The third-order valence-electron chi connectivity index (χ3n) is 5.02. The SMILES string of the molecule is COc1cccc(C2CC(c3ccc(Br)cc3)=NN2C(=O)Cc2ccccc2)c1. The summed E-state index contributed by atoms with van der Waals surface area (Å²) >= 11 is 3.47. The fraction of sp³-hybridized carbons (Fsp3) is 0.167. The molecule has 0 saturated heterocycles.